The summed E-state index contributed by atoms with van der Waals surface area (Å²) < 4.78 is 4.43. The van der Waals surface area contributed by atoms with Gasteiger partial charge in [-0.2, -0.15) is 0 Å². The summed E-state index contributed by atoms with van der Waals surface area (Å²) in [6.07, 6.45) is 0. The molecule has 0 aliphatic heterocycles. The molecule has 0 aliphatic rings. The first kappa shape index (κ1) is 7.01. The highest BCUT2D eigenvalue weighted by Crippen LogP contribution is 2.15. The molecule has 10 heavy (non-hydrogen) atoms. The van der Waals surface area contributed by atoms with Crippen molar-refractivity contribution in [1.82, 2.24) is 4.98 Å². The first-order chi connectivity index (χ1) is 4.75. The maximum absolute atomic E-state index is 10.8. The molecular weight excluding hydrogens is 152 g/mol. The average Bonchev–Trinajstić information content (AvgIpc) is 2.34. The SMILES string of the molecule is COC(=O)c1scnc1N. The molecule has 0 amide bonds. The molecule has 0 aliphatic carbocycles. The topological polar surface area (TPSA) is 65.2 Å². The first-order valence-corrected chi connectivity index (χ1v) is 3.41. The van der Waals surface area contributed by atoms with E-state index < -0.39 is 5.97 Å². The Morgan fingerprint density at radius 3 is 3.00 bits per heavy atom. The van der Waals surface area contributed by atoms with Crippen LogP contribution in [0.4, 0.5) is 5.82 Å². The number of hydrogen-bond donors (Lipinski definition) is 1. The second kappa shape index (κ2) is 2.66. The van der Waals surface area contributed by atoms with Gasteiger partial charge in [0, 0.05) is 0 Å². The third-order valence-corrected chi connectivity index (χ3v) is 1.79. The molecule has 5 heteroatoms. The Hall–Kier alpha value is -1.10. The molecule has 2 N–H and O–H groups in total. The maximum atomic E-state index is 10.8. The lowest BCUT2D eigenvalue weighted by Crippen LogP contribution is -2.01. The number of rotatable bonds is 1. The van der Waals surface area contributed by atoms with E-state index in [1.165, 1.54) is 24.0 Å². The van der Waals surface area contributed by atoms with Gasteiger partial charge in [-0.15, -0.1) is 11.3 Å². The van der Waals surface area contributed by atoms with Crippen LogP contribution < -0.4 is 5.73 Å². The van der Waals surface area contributed by atoms with Crippen molar-refractivity contribution in [3.63, 3.8) is 0 Å². The van der Waals surface area contributed by atoms with E-state index in [2.05, 4.69) is 9.72 Å². The molecule has 0 saturated heterocycles. The van der Waals surface area contributed by atoms with E-state index in [9.17, 15) is 4.79 Å². The van der Waals surface area contributed by atoms with Crippen LogP contribution >= 0.6 is 11.3 Å². The molecule has 4 nitrogen and oxygen atoms in total. The summed E-state index contributed by atoms with van der Waals surface area (Å²) in [6.45, 7) is 0. The van der Waals surface area contributed by atoms with E-state index in [0.29, 0.717) is 4.88 Å². The van der Waals surface area contributed by atoms with Gasteiger partial charge in [-0.1, -0.05) is 0 Å². The van der Waals surface area contributed by atoms with Crippen LogP contribution in [0.2, 0.25) is 0 Å². The molecule has 1 aromatic rings. The monoisotopic (exact) mass is 158 g/mol. The van der Waals surface area contributed by atoms with Crippen molar-refractivity contribution in [2.24, 2.45) is 0 Å². The first-order valence-electron chi connectivity index (χ1n) is 2.53. The zero-order valence-electron chi connectivity index (χ0n) is 5.33. The van der Waals surface area contributed by atoms with Gasteiger partial charge in [0.05, 0.1) is 12.6 Å². The van der Waals surface area contributed by atoms with Crippen LogP contribution in [0.3, 0.4) is 0 Å². The fourth-order valence-electron chi connectivity index (χ4n) is 0.500. The van der Waals surface area contributed by atoms with Crippen LogP contribution in [0, 0.1) is 0 Å². The highest BCUT2D eigenvalue weighted by atomic mass is 32.1. The quantitative estimate of drug-likeness (QED) is 0.605. The Balaban J connectivity index is 2.93. The van der Waals surface area contributed by atoms with E-state index in [4.69, 9.17) is 5.73 Å². The molecule has 1 rings (SSSR count). The zero-order chi connectivity index (χ0) is 7.56. The predicted octanol–water partition coefficient (Wildman–Crippen LogP) is 0.512. The molecule has 0 bridgehead atoms. The third kappa shape index (κ3) is 1.08. The molecule has 0 spiro atoms. The number of nitrogens with zero attached hydrogens (tertiary/aromatic N) is 1. The van der Waals surface area contributed by atoms with Crippen LogP contribution in [-0.2, 0) is 4.74 Å². The molecule has 54 valence electrons. The zero-order valence-corrected chi connectivity index (χ0v) is 6.14. The fraction of sp³-hybridized carbons (Fsp3) is 0.200. The van der Waals surface area contributed by atoms with Crippen molar-refractivity contribution < 1.29 is 9.53 Å². The summed E-state index contributed by atoms with van der Waals surface area (Å²) in [5, 5.41) is 0. The van der Waals surface area contributed by atoms with Crippen LogP contribution in [0.1, 0.15) is 9.67 Å². The molecule has 0 aromatic carbocycles. The number of aromatic nitrogens is 1. The summed E-state index contributed by atoms with van der Waals surface area (Å²) in [7, 11) is 1.31. The highest BCUT2D eigenvalue weighted by molar-refractivity contribution is 7.12. The molecule has 1 heterocycles. The van der Waals surface area contributed by atoms with Crippen molar-refractivity contribution in [1.29, 1.82) is 0 Å². The Bertz CT molecular complexity index is 246. The minimum absolute atomic E-state index is 0.233. The lowest BCUT2D eigenvalue weighted by Gasteiger charge is -1.92. The number of carbonyl (C=O) groups excluding carboxylic acids is 1. The predicted molar refractivity (Wildman–Crippen MR) is 37.9 cm³/mol. The van der Waals surface area contributed by atoms with Crippen molar-refractivity contribution >= 4 is 23.1 Å². The Morgan fingerprint density at radius 2 is 2.60 bits per heavy atom. The van der Waals surface area contributed by atoms with Crippen molar-refractivity contribution in [2.45, 2.75) is 0 Å². The minimum Gasteiger partial charge on any atom is -0.465 e. The van der Waals surface area contributed by atoms with Gasteiger partial charge in [-0.05, 0) is 0 Å². The molecule has 0 saturated carbocycles. The number of nitrogens with two attached hydrogens (primary N) is 1. The number of thiazole rings is 1. The van der Waals surface area contributed by atoms with Crippen molar-refractivity contribution in [2.75, 3.05) is 12.8 Å². The van der Waals surface area contributed by atoms with Gasteiger partial charge in [0.15, 0.2) is 4.88 Å². The van der Waals surface area contributed by atoms with Gasteiger partial charge in [-0.3, -0.25) is 0 Å². The van der Waals surface area contributed by atoms with Crippen LogP contribution in [0.15, 0.2) is 5.51 Å². The number of hydrogen-bond acceptors (Lipinski definition) is 5. The number of methoxy groups -OCH3 is 1. The number of carbonyl (C=O) groups is 1. The van der Waals surface area contributed by atoms with Gasteiger partial charge in [0.1, 0.15) is 5.82 Å². The lowest BCUT2D eigenvalue weighted by atomic mass is 10.5. The summed E-state index contributed by atoms with van der Waals surface area (Å²) in [5.41, 5.74) is 6.82. The number of esters is 1. The second-order valence-electron chi connectivity index (χ2n) is 1.56. The summed E-state index contributed by atoms with van der Waals surface area (Å²) >= 11 is 1.17. The van der Waals surface area contributed by atoms with E-state index in [-0.39, 0.29) is 5.82 Å². The molecule has 0 atom stereocenters. The highest BCUT2D eigenvalue weighted by Gasteiger charge is 2.11. The van der Waals surface area contributed by atoms with Crippen LogP contribution in [0.25, 0.3) is 0 Å². The fourth-order valence-corrected chi connectivity index (χ4v) is 1.12. The van der Waals surface area contributed by atoms with E-state index in [1.807, 2.05) is 0 Å². The van der Waals surface area contributed by atoms with Gasteiger partial charge in [-0.25, -0.2) is 9.78 Å². The molecule has 1 aromatic heterocycles. The Morgan fingerprint density at radius 1 is 1.90 bits per heavy atom. The lowest BCUT2D eigenvalue weighted by molar-refractivity contribution is 0.0607. The molecule has 0 radical (unpaired) electrons. The largest absolute Gasteiger partial charge is 0.465 e. The molecular formula is C5H6N2O2S. The Kier molecular flexibility index (Phi) is 1.86. The minimum atomic E-state index is -0.431. The standard InChI is InChI=1S/C5H6N2O2S/c1-9-5(8)3-4(6)7-2-10-3/h2H,6H2,1H3. The average molecular weight is 158 g/mol. The van der Waals surface area contributed by atoms with Gasteiger partial charge < -0.3 is 10.5 Å². The van der Waals surface area contributed by atoms with Gasteiger partial charge >= 0.3 is 5.97 Å². The summed E-state index contributed by atoms with van der Waals surface area (Å²) in [5.74, 6) is -0.197. The van der Waals surface area contributed by atoms with Gasteiger partial charge in [0.2, 0.25) is 0 Å². The van der Waals surface area contributed by atoms with Gasteiger partial charge in [0.25, 0.3) is 0 Å². The summed E-state index contributed by atoms with van der Waals surface area (Å²) in [6, 6.07) is 0. The number of nitrogen functional groups attached to an aromatic ring is 1. The number of ether oxygens (including phenoxy) is 1. The van der Waals surface area contributed by atoms with E-state index in [1.54, 1.807) is 0 Å². The van der Waals surface area contributed by atoms with Crippen LogP contribution in [0.5, 0.6) is 0 Å². The van der Waals surface area contributed by atoms with Crippen LogP contribution in [-0.4, -0.2) is 18.1 Å². The van der Waals surface area contributed by atoms with E-state index in [0.717, 1.165) is 0 Å². The maximum Gasteiger partial charge on any atom is 0.351 e. The van der Waals surface area contributed by atoms with E-state index >= 15 is 0 Å². The normalized spacial score (nSPS) is 9.30. The van der Waals surface area contributed by atoms with Crippen molar-refractivity contribution in [3.8, 4) is 0 Å². The third-order valence-electron chi connectivity index (χ3n) is 0.966. The summed E-state index contributed by atoms with van der Waals surface area (Å²) in [4.78, 5) is 14.8. The molecule has 0 unspecified atom stereocenters. The second-order valence-corrected chi connectivity index (χ2v) is 2.41. The number of anilines is 1. The molecule has 0 fully saturated rings. The Labute approximate surface area is 61.6 Å². The smallest absolute Gasteiger partial charge is 0.351 e. The van der Waals surface area contributed by atoms with Crippen molar-refractivity contribution in [3.05, 3.63) is 10.4 Å².